The van der Waals surface area contributed by atoms with Gasteiger partial charge < -0.3 is 21.5 Å². The Balaban J connectivity index is 2.38. The lowest BCUT2D eigenvalue weighted by Crippen LogP contribution is -2.49. The number of primary amides is 1. The number of rotatable bonds is 8. The monoisotopic (exact) mass is 437 g/mol. The minimum Gasteiger partial charge on any atom is -0.465 e. The highest BCUT2D eigenvalue weighted by Crippen LogP contribution is 2.27. The Morgan fingerprint density at radius 2 is 2.03 bits per heavy atom. The molecule has 0 spiro atoms. The van der Waals surface area contributed by atoms with Crippen molar-refractivity contribution in [3.63, 3.8) is 0 Å². The van der Waals surface area contributed by atoms with E-state index in [0.717, 1.165) is 11.0 Å². The molecule has 1 atom stereocenters. The van der Waals surface area contributed by atoms with Gasteiger partial charge in [0.25, 0.3) is 11.8 Å². The number of nitrogen functional groups attached to an aromatic ring is 1. The van der Waals surface area contributed by atoms with E-state index in [1.54, 1.807) is 6.92 Å². The van der Waals surface area contributed by atoms with E-state index in [1.165, 1.54) is 25.1 Å². The summed E-state index contributed by atoms with van der Waals surface area (Å²) >= 11 is 0.627. The third-order valence-electron chi connectivity index (χ3n) is 3.94. The number of esters is 1. The quantitative estimate of drug-likeness (QED) is 0.512. The van der Waals surface area contributed by atoms with Gasteiger partial charge in [-0.2, -0.15) is 4.37 Å². The van der Waals surface area contributed by atoms with Crippen LogP contribution in [-0.2, 0) is 14.3 Å². The van der Waals surface area contributed by atoms with E-state index in [-0.39, 0.29) is 28.6 Å². The first-order valence-corrected chi connectivity index (χ1v) is 9.52. The lowest BCUT2D eigenvalue weighted by molar-refractivity contribution is -0.143. The van der Waals surface area contributed by atoms with E-state index in [2.05, 4.69) is 9.69 Å². The van der Waals surface area contributed by atoms with Crippen LogP contribution in [-0.4, -0.2) is 47.3 Å². The number of hydrogen-bond donors (Lipinski definition) is 3. The molecule has 1 aromatic carbocycles. The van der Waals surface area contributed by atoms with Crippen molar-refractivity contribution in [3.8, 4) is 0 Å². The number of benzene rings is 1. The summed E-state index contributed by atoms with van der Waals surface area (Å²) in [5, 5.41) is 2.36. The van der Waals surface area contributed by atoms with E-state index in [0.29, 0.717) is 11.5 Å². The van der Waals surface area contributed by atoms with E-state index in [9.17, 15) is 23.6 Å². The predicted octanol–water partition coefficient (Wildman–Crippen LogP) is 0.678. The second kappa shape index (κ2) is 9.78. The lowest BCUT2D eigenvalue weighted by atomic mass is 10.1. The molecule has 0 saturated carbocycles. The van der Waals surface area contributed by atoms with Gasteiger partial charge in [-0.15, -0.1) is 0 Å². The molecule has 30 heavy (non-hydrogen) atoms. The van der Waals surface area contributed by atoms with Crippen molar-refractivity contribution in [1.82, 2.24) is 9.69 Å². The molecule has 0 saturated heterocycles. The first-order valence-electron chi connectivity index (χ1n) is 8.74. The maximum absolute atomic E-state index is 13.8. The van der Waals surface area contributed by atoms with Crippen LogP contribution in [0.15, 0.2) is 24.3 Å². The number of carbonyl (C=O) groups is 4. The summed E-state index contributed by atoms with van der Waals surface area (Å²) < 4.78 is 22.3. The molecular formula is C18H20FN5O5S. The highest BCUT2D eigenvalue weighted by Gasteiger charge is 2.32. The number of amides is 3. The van der Waals surface area contributed by atoms with Gasteiger partial charge in [0.2, 0.25) is 5.91 Å². The smallest absolute Gasteiger partial charge is 0.325 e. The number of hydrogen-bond acceptors (Lipinski definition) is 8. The number of nitrogens with one attached hydrogen (secondary N) is 1. The minimum atomic E-state index is -1.17. The maximum Gasteiger partial charge on any atom is 0.325 e. The Morgan fingerprint density at radius 1 is 1.33 bits per heavy atom. The van der Waals surface area contributed by atoms with Crippen molar-refractivity contribution in [2.75, 3.05) is 23.8 Å². The Kier molecular flexibility index (Phi) is 7.42. The highest BCUT2D eigenvalue weighted by molar-refractivity contribution is 7.09. The molecular weight excluding hydrogens is 417 g/mol. The van der Waals surface area contributed by atoms with Crippen LogP contribution in [0.4, 0.5) is 15.8 Å². The SMILES string of the molecule is CCOC(=O)CNC(=O)[C@@H](C)N(C(=O)c1snc(C(N)=O)c1N)c1cccc(F)c1. The summed E-state index contributed by atoms with van der Waals surface area (Å²) in [4.78, 5) is 49.5. The van der Waals surface area contributed by atoms with Gasteiger partial charge in [-0.25, -0.2) is 4.39 Å². The average Bonchev–Trinajstić information content (AvgIpc) is 3.08. The summed E-state index contributed by atoms with van der Waals surface area (Å²) in [5.74, 6) is -3.69. The van der Waals surface area contributed by atoms with Gasteiger partial charge in [-0.05, 0) is 43.6 Å². The van der Waals surface area contributed by atoms with Gasteiger partial charge in [0, 0.05) is 5.69 Å². The molecule has 0 radical (unpaired) electrons. The Morgan fingerprint density at radius 3 is 2.60 bits per heavy atom. The molecule has 2 rings (SSSR count). The molecule has 5 N–H and O–H groups in total. The number of anilines is 2. The van der Waals surface area contributed by atoms with Crippen molar-refractivity contribution < 1.29 is 28.3 Å². The molecule has 0 aliphatic carbocycles. The summed E-state index contributed by atoms with van der Waals surface area (Å²) in [5.41, 5.74) is 10.5. The predicted molar refractivity (Wildman–Crippen MR) is 107 cm³/mol. The van der Waals surface area contributed by atoms with E-state index in [1.807, 2.05) is 0 Å². The van der Waals surface area contributed by atoms with Gasteiger partial charge in [0.15, 0.2) is 5.69 Å². The van der Waals surface area contributed by atoms with Crippen molar-refractivity contribution in [3.05, 3.63) is 40.7 Å². The first-order chi connectivity index (χ1) is 14.2. The molecule has 0 fully saturated rings. The number of ether oxygens (including phenoxy) is 1. The fourth-order valence-electron chi connectivity index (χ4n) is 2.52. The van der Waals surface area contributed by atoms with E-state index >= 15 is 0 Å². The van der Waals surface area contributed by atoms with Gasteiger partial charge in [0.1, 0.15) is 23.3 Å². The molecule has 1 heterocycles. The van der Waals surface area contributed by atoms with Crippen LogP contribution in [0.3, 0.4) is 0 Å². The summed E-state index contributed by atoms with van der Waals surface area (Å²) in [6.45, 7) is 2.74. The number of carbonyl (C=O) groups excluding carboxylic acids is 4. The highest BCUT2D eigenvalue weighted by atomic mass is 32.1. The molecule has 0 aliphatic heterocycles. The zero-order chi connectivity index (χ0) is 22.4. The molecule has 160 valence electrons. The Labute approximate surface area is 175 Å². The molecule has 12 heteroatoms. The standard InChI is InChI=1S/C18H20FN5O5S/c1-3-29-12(25)8-22-17(27)9(2)24(11-6-4-5-10(19)7-11)18(28)15-13(20)14(16(21)26)23-30-15/h4-7,9H,3,8,20H2,1-2H3,(H2,21,26)(H,22,27)/t9-/m1/s1. The average molecular weight is 437 g/mol. The third kappa shape index (κ3) is 5.08. The number of nitrogens with zero attached hydrogens (tertiary/aromatic N) is 2. The molecule has 0 bridgehead atoms. The molecule has 0 aliphatic rings. The van der Waals surface area contributed by atoms with Crippen LogP contribution in [0.2, 0.25) is 0 Å². The zero-order valence-corrected chi connectivity index (χ0v) is 17.0. The molecule has 2 aromatic rings. The van der Waals surface area contributed by atoms with Crippen molar-refractivity contribution in [2.24, 2.45) is 5.73 Å². The zero-order valence-electron chi connectivity index (χ0n) is 16.2. The van der Waals surface area contributed by atoms with Gasteiger partial charge in [-0.3, -0.25) is 24.1 Å². The normalized spacial score (nSPS) is 11.4. The lowest BCUT2D eigenvalue weighted by Gasteiger charge is -2.28. The number of nitrogens with two attached hydrogens (primary N) is 2. The molecule has 1 aromatic heterocycles. The van der Waals surface area contributed by atoms with Crippen LogP contribution in [0.25, 0.3) is 0 Å². The third-order valence-corrected chi connectivity index (χ3v) is 4.79. The van der Waals surface area contributed by atoms with Crippen molar-refractivity contribution >= 4 is 46.6 Å². The Hall–Kier alpha value is -3.54. The second-order valence-corrected chi connectivity index (χ2v) is 6.77. The van der Waals surface area contributed by atoms with Gasteiger partial charge in [-0.1, -0.05) is 6.07 Å². The van der Waals surface area contributed by atoms with Gasteiger partial charge >= 0.3 is 5.97 Å². The number of halogens is 1. The summed E-state index contributed by atoms with van der Waals surface area (Å²) in [6, 6.07) is 3.83. The maximum atomic E-state index is 13.8. The van der Waals surface area contributed by atoms with Crippen LogP contribution < -0.4 is 21.7 Å². The Bertz CT molecular complexity index is 980. The van der Waals surface area contributed by atoms with Crippen LogP contribution in [0.5, 0.6) is 0 Å². The molecule has 3 amide bonds. The van der Waals surface area contributed by atoms with Gasteiger partial charge in [0.05, 0.1) is 12.3 Å². The molecule has 10 nitrogen and oxygen atoms in total. The first kappa shape index (κ1) is 22.7. The fourth-order valence-corrected chi connectivity index (χ4v) is 3.26. The van der Waals surface area contributed by atoms with Crippen LogP contribution >= 0.6 is 11.5 Å². The van der Waals surface area contributed by atoms with Crippen molar-refractivity contribution in [1.29, 1.82) is 0 Å². The van der Waals surface area contributed by atoms with Crippen molar-refractivity contribution in [2.45, 2.75) is 19.9 Å². The van der Waals surface area contributed by atoms with Crippen LogP contribution in [0, 0.1) is 5.82 Å². The fraction of sp³-hybridized carbons (Fsp3) is 0.278. The number of aromatic nitrogens is 1. The summed E-state index contributed by atoms with van der Waals surface area (Å²) in [7, 11) is 0. The summed E-state index contributed by atoms with van der Waals surface area (Å²) in [6.07, 6.45) is 0. The minimum absolute atomic E-state index is 0.0622. The van der Waals surface area contributed by atoms with E-state index < -0.39 is 42.1 Å². The van der Waals surface area contributed by atoms with Crippen LogP contribution in [0.1, 0.15) is 34.0 Å². The topological polar surface area (TPSA) is 158 Å². The largest absolute Gasteiger partial charge is 0.465 e. The molecule has 0 unspecified atom stereocenters. The second-order valence-electron chi connectivity index (χ2n) is 5.99. The van der Waals surface area contributed by atoms with E-state index in [4.69, 9.17) is 16.2 Å².